The number of aromatic nitrogens is 1. The highest BCUT2D eigenvalue weighted by Gasteiger charge is 2.24. The van der Waals surface area contributed by atoms with Crippen molar-refractivity contribution in [2.75, 3.05) is 19.0 Å². The van der Waals surface area contributed by atoms with Crippen LogP contribution < -0.4 is 5.32 Å². The fourth-order valence-electron chi connectivity index (χ4n) is 2.19. The van der Waals surface area contributed by atoms with Crippen molar-refractivity contribution in [3.63, 3.8) is 0 Å². The molecule has 1 aliphatic rings. The van der Waals surface area contributed by atoms with Crippen molar-refractivity contribution in [1.82, 2.24) is 3.97 Å². The first-order valence-corrected chi connectivity index (χ1v) is 8.39. The van der Waals surface area contributed by atoms with Gasteiger partial charge in [0.25, 0.3) is 0 Å². The second kappa shape index (κ2) is 6.36. The standard InChI is InChI=1S/C16H19N3O2S/c1-18-16-14(15(17)21-11-12-7-8-12)9-10-19(16)22(20)13-5-3-2-4-6-13/h2-6,9-10,12,17-18H,7-8,11H2,1H3. The van der Waals surface area contributed by atoms with Crippen LogP contribution in [0.15, 0.2) is 47.5 Å². The van der Waals surface area contributed by atoms with Gasteiger partial charge in [-0.15, -0.1) is 0 Å². The summed E-state index contributed by atoms with van der Waals surface area (Å²) in [6.45, 7) is 0.592. The Balaban J connectivity index is 1.83. The lowest BCUT2D eigenvalue weighted by Crippen LogP contribution is -2.12. The van der Waals surface area contributed by atoms with Gasteiger partial charge in [-0.2, -0.15) is 0 Å². The number of hydrogen-bond donors (Lipinski definition) is 2. The van der Waals surface area contributed by atoms with E-state index in [-0.39, 0.29) is 5.90 Å². The lowest BCUT2D eigenvalue weighted by atomic mass is 10.3. The molecule has 22 heavy (non-hydrogen) atoms. The zero-order valence-corrected chi connectivity index (χ0v) is 13.2. The molecule has 1 unspecified atom stereocenters. The summed E-state index contributed by atoms with van der Waals surface area (Å²) in [7, 11) is 0.403. The fraction of sp³-hybridized carbons (Fsp3) is 0.312. The minimum Gasteiger partial charge on any atom is -0.477 e. The zero-order chi connectivity index (χ0) is 15.5. The summed E-state index contributed by atoms with van der Waals surface area (Å²) in [6.07, 6.45) is 4.09. The van der Waals surface area contributed by atoms with Gasteiger partial charge >= 0.3 is 0 Å². The van der Waals surface area contributed by atoms with E-state index in [2.05, 4.69) is 5.32 Å². The number of nitrogens with zero attached hydrogens (tertiary/aromatic N) is 1. The molecule has 0 radical (unpaired) electrons. The van der Waals surface area contributed by atoms with E-state index in [0.717, 1.165) is 0 Å². The monoisotopic (exact) mass is 317 g/mol. The maximum atomic E-state index is 12.7. The topological polar surface area (TPSA) is 67.1 Å². The van der Waals surface area contributed by atoms with Crippen molar-refractivity contribution in [3.05, 3.63) is 48.2 Å². The average molecular weight is 317 g/mol. The van der Waals surface area contributed by atoms with E-state index in [4.69, 9.17) is 10.1 Å². The van der Waals surface area contributed by atoms with Crippen LogP contribution in [0.2, 0.25) is 0 Å². The number of ether oxygens (including phenoxy) is 1. The SMILES string of the molecule is CNc1c(C(=N)OCC2CC2)ccn1S(=O)c1ccccc1. The Kier molecular flexibility index (Phi) is 4.29. The number of rotatable bonds is 6. The van der Waals surface area contributed by atoms with E-state index in [1.54, 1.807) is 23.3 Å². The molecule has 3 rings (SSSR count). The van der Waals surface area contributed by atoms with Crippen molar-refractivity contribution >= 4 is 22.7 Å². The van der Waals surface area contributed by atoms with Crippen molar-refractivity contribution in [2.24, 2.45) is 5.92 Å². The Morgan fingerprint density at radius 2 is 2.09 bits per heavy atom. The first-order valence-electron chi connectivity index (χ1n) is 7.29. The first kappa shape index (κ1) is 14.8. The van der Waals surface area contributed by atoms with Crippen LogP contribution in [0.5, 0.6) is 0 Å². The smallest absolute Gasteiger partial charge is 0.217 e. The Hall–Kier alpha value is -2.08. The normalized spacial score (nSPS) is 15.3. The summed E-state index contributed by atoms with van der Waals surface area (Å²) >= 11 is 0. The summed E-state index contributed by atoms with van der Waals surface area (Å²) in [6, 6.07) is 11.0. The summed E-state index contributed by atoms with van der Waals surface area (Å²) < 4.78 is 19.8. The van der Waals surface area contributed by atoms with Gasteiger partial charge in [-0.1, -0.05) is 18.2 Å². The third-order valence-corrected chi connectivity index (χ3v) is 4.95. The lowest BCUT2D eigenvalue weighted by Gasteiger charge is -2.11. The fourth-order valence-corrected chi connectivity index (χ4v) is 3.34. The number of hydrogen-bond acceptors (Lipinski definition) is 4. The molecule has 0 bridgehead atoms. The maximum absolute atomic E-state index is 12.7. The van der Waals surface area contributed by atoms with Crippen LogP contribution in [0.1, 0.15) is 18.4 Å². The molecule has 1 aliphatic carbocycles. The molecule has 6 heteroatoms. The Bertz CT molecular complexity index is 693. The van der Waals surface area contributed by atoms with Gasteiger partial charge in [0.15, 0.2) is 11.0 Å². The molecule has 2 aromatic rings. The molecule has 2 N–H and O–H groups in total. The summed E-state index contributed by atoms with van der Waals surface area (Å²) in [5, 5.41) is 11.1. The Morgan fingerprint density at radius 1 is 1.36 bits per heavy atom. The Morgan fingerprint density at radius 3 is 2.73 bits per heavy atom. The van der Waals surface area contributed by atoms with E-state index >= 15 is 0 Å². The van der Waals surface area contributed by atoms with Gasteiger partial charge in [0.1, 0.15) is 5.82 Å². The van der Waals surface area contributed by atoms with E-state index in [9.17, 15) is 4.21 Å². The van der Waals surface area contributed by atoms with E-state index in [1.165, 1.54) is 12.8 Å². The van der Waals surface area contributed by atoms with E-state index in [1.807, 2.05) is 30.3 Å². The van der Waals surface area contributed by atoms with Crippen LogP contribution in [0, 0.1) is 11.3 Å². The third kappa shape index (κ3) is 3.06. The summed E-state index contributed by atoms with van der Waals surface area (Å²) in [4.78, 5) is 0.714. The molecule has 1 fully saturated rings. The van der Waals surface area contributed by atoms with Crippen LogP contribution in [0.25, 0.3) is 0 Å². The van der Waals surface area contributed by atoms with Gasteiger partial charge in [-0.05, 0) is 37.0 Å². The summed E-state index contributed by atoms with van der Waals surface area (Å²) in [5.41, 5.74) is 0.632. The molecular formula is C16H19N3O2S. The lowest BCUT2D eigenvalue weighted by molar-refractivity contribution is 0.285. The van der Waals surface area contributed by atoms with E-state index in [0.29, 0.717) is 28.8 Å². The maximum Gasteiger partial charge on any atom is 0.217 e. The minimum absolute atomic E-state index is 0.125. The Labute approximate surface area is 132 Å². The summed E-state index contributed by atoms with van der Waals surface area (Å²) in [5.74, 6) is 1.35. The molecule has 0 aliphatic heterocycles. The minimum atomic E-state index is -1.35. The van der Waals surface area contributed by atoms with Gasteiger partial charge < -0.3 is 10.1 Å². The second-order valence-corrected chi connectivity index (χ2v) is 6.66. The molecule has 1 heterocycles. The van der Waals surface area contributed by atoms with Gasteiger partial charge in [-0.3, -0.25) is 5.41 Å². The van der Waals surface area contributed by atoms with Crippen LogP contribution >= 0.6 is 0 Å². The number of nitrogens with one attached hydrogen (secondary N) is 2. The molecule has 0 saturated heterocycles. The van der Waals surface area contributed by atoms with Crippen molar-refractivity contribution in [2.45, 2.75) is 17.7 Å². The quantitative estimate of drug-likeness (QED) is 0.636. The first-order chi connectivity index (χ1) is 10.7. The van der Waals surface area contributed by atoms with Crippen LogP contribution in [0.4, 0.5) is 5.82 Å². The second-order valence-electron chi connectivity index (χ2n) is 5.30. The highest BCUT2D eigenvalue weighted by atomic mass is 32.2. The molecule has 0 amide bonds. The van der Waals surface area contributed by atoms with Crippen molar-refractivity contribution in [3.8, 4) is 0 Å². The number of benzene rings is 1. The van der Waals surface area contributed by atoms with Gasteiger partial charge in [0.05, 0.1) is 17.1 Å². The molecule has 1 atom stereocenters. The molecule has 1 aromatic heterocycles. The average Bonchev–Trinajstić information content (AvgIpc) is 3.29. The van der Waals surface area contributed by atoms with Crippen molar-refractivity contribution in [1.29, 1.82) is 5.41 Å². The van der Waals surface area contributed by atoms with Gasteiger partial charge in [-0.25, -0.2) is 8.18 Å². The molecule has 1 saturated carbocycles. The molecular weight excluding hydrogens is 298 g/mol. The van der Waals surface area contributed by atoms with Gasteiger partial charge in [0.2, 0.25) is 5.90 Å². The van der Waals surface area contributed by atoms with Crippen molar-refractivity contribution < 1.29 is 8.95 Å². The van der Waals surface area contributed by atoms with Crippen LogP contribution in [-0.4, -0.2) is 27.7 Å². The molecule has 5 nitrogen and oxygen atoms in total. The highest BCUT2D eigenvalue weighted by molar-refractivity contribution is 7.83. The largest absolute Gasteiger partial charge is 0.477 e. The van der Waals surface area contributed by atoms with Crippen LogP contribution in [0.3, 0.4) is 0 Å². The molecule has 0 spiro atoms. The molecule has 1 aromatic carbocycles. The van der Waals surface area contributed by atoms with E-state index < -0.39 is 11.0 Å². The molecule has 116 valence electrons. The van der Waals surface area contributed by atoms with Crippen LogP contribution in [-0.2, 0) is 15.7 Å². The zero-order valence-electron chi connectivity index (χ0n) is 12.4. The number of anilines is 1. The predicted molar refractivity (Wildman–Crippen MR) is 87.7 cm³/mol. The van der Waals surface area contributed by atoms with Gasteiger partial charge in [0, 0.05) is 13.2 Å². The highest BCUT2D eigenvalue weighted by Crippen LogP contribution is 2.29. The predicted octanol–water partition coefficient (Wildman–Crippen LogP) is 2.85. The third-order valence-electron chi connectivity index (χ3n) is 3.62.